The normalized spacial score (nSPS) is 16.4. The minimum atomic E-state index is -0.367. The van der Waals surface area contributed by atoms with Crippen LogP contribution in [0, 0.1) is 5.82 Å². The lowest BCUT2D eigenvalue weighted by Gasteiger charge is -2.23. The van der Waals surface area contributed by atoms with Gasteiger partial charge in [-0.15, -0.1) is 5.10 Å². The van der Waals surface area contributed by atoms with Crippen LogP contribution in [-0.4, -0.2) is 41.2 Å². The van der Waals surface area contributed by atoms with Crippen LogP contribution in [0.15, 0.2) is 54.7 Å². The number of rotatable bonds is 5. The molecule has 144 valence electrons. The second-order valence-electron chi connectivity index (χ2n) is 6.42. The third kappa shape index (κ3) is 3.72. The number of carbonyl (C=O) groups is 1. The molecule has 2 heterocycles. The fraction of sp³-hybridized carbons (Fsp3) is 0.250. The van der Waals surface area contributed by atoms with E-state index in [1.165, 1.54) is 19.2 Å². The zero-order chi connectivity index (χ0) is 19.5. The van der Waals surface area contributed by atoms with Crippen LogP contribution in [0.2, 0.25) is 0 Å². The van der Waals surface area contributed by atoms with Gasteiger partial charge in [-0.1, -0.05) is 17.3 Å². The van der Waals surface area contributed by atoms with Crippen LogP contribution in [0.5, 0.6) is 0 Å². The lowest BCUT2D eigenvalue weighted by molar-refractivity contribution is 0.0600. The number of halogens is 1. The maximum Gasteiger partial charge on any atom is 0.337 e. The van der Waals surface area contributed by atoms with Crippen LogP contribution >= 0.6 is 0 Å². The highest BCUT2D eigenvalue weighted by Gasteiger charge is 2.29. The quantitative estimate of drug-likeness (QED) is 0.632. The van der Waals surface area contributed by atoms with E-state index in [9.17, 15) is 9.18 Å². The van der Waals surface area contributed by atoms with Crippen LogP contribution in [-0.2, 0) is 16.0 Å². The van der Waals surface area contributed by atoms with Crippen LogP contribution in [0.25, 0.3) is 0 Å². The van der Waals surface area contributed by atoms with Crippen molar-refractivity contribution in [2.24, 2.45) is 0 Å². The Balaban J connectivity index is 1.47. The van der Waals surface area contributed by atoms with Crippen molar-refractivity contribution in [1.82, 2.24) is 15.0 Å². The monoisotopic (exact) mass is 382 g/mol. The predicted octanol–water partition coefficient (Wildman–Crippen LogP) is 2.79. The van der Waals surface area contributed by atoms with Gasteiger partial charge in [0.1, 0.15) is 11.5 Å². The lowest BCUT2D eigenvalue weighted by Crippen LogP contribution is -2.23. The molecule has 1 aliphatic heterocycles. The van der Waals surface area contributed by atoms with E-state index in [2.05, 4.69) is 10.3 Å². The summed E-state index contributed by atoms with van der Waals surface area (Å²) in [6.07, 6.45) is 1.47. The minimum absolute atomic E-state index is 0.274. The molecule has 0 N–H and O–H groups in total. The first-order valence-corrected chi connectivity index (χ1v) is 8.85. The van der Waals surface area contributed by atoms with E-state index in [0.29, 0.717) is 31.0 Å². The summed E-state index contributed by atoms with van der Waals surface area (Å²) in [6.45, 7) is 1.76. The van der Waals surface area contributed by atoms with Gasteiger partial charge in [0.15, 0.2) is 6.23 Å². The molecule has 7 nitrogen and oxygen atoms in total. The van der Waals surface area contributed by atoms with Gasteiger partial charge in [-0.3, -0.25) is 0 Å². The summed E-state index contributed by atoms with van der Waals surface area (Å²) in [5.74, 6) is -0.640. The smallest absolute Gasteiger partial charge is 0.337 e. The standard InChI is InChI=1S/C20H19FN4O3/c1-27-20(26)15-4-2-14(3-5-15)12-24-13-18(22-23-24)19-25(10-11-28-19)17-8-6-16(21)7-9-17/h2-9,13,19H,10-12H2,1H3/t19-/m1/s1. The molecule has 0 radical (unpaired) electrons. The Morgan fingerprint density at radius 2 is 1.96 bits per heavy atom. The molecule has 0 saturated carbocycles. The summed E-state index contributed by atoms with van der Waals surface area (Å²) in [5.41, 5.74) is 3.04. The van der Waals surface area contributed by atoms with Gasteiger partial charge in [-0.2, -0.15) is 0 Å². The second kappa shape index (κ2) is 7.77. The Hall–Kier alpha value is -3.26. The van der Waals surface area contributed by atoms with Gasteiger partial charge in [0.05, 0.1) is 32.0 Å². The largest absolute Gasteiger partial charge is 0.465 e. The fourth-order valence-electron chi connectivity index (χ4n) is 3.17. The number of hydrogen-bond donors (Lipinski definition) is 0. The first-order valence-electron chi connectivity index (χ1n) is 8.85. The number of anilines is 1. The summed E-state index contributed by atoms with van der Waals surface area (Å²) in [4.78, 5) is 13.5. The molecule has 0 amide bonds. The minimum Gasteiger partial charge on any atom is -0.465 e. The molecule has 28 heavy (non-hydrogen) atoms. The SMILES string of the molecule is COC(=O)c1ccc(Cn2cc([C@H]3OCCN3c3ccc(F)cc3)nn2)cc1. The third-order valence-corrected chi connectivity index (χ3v) is 4.58. The molecular formula is C20H19FN4O3. The zero-order valence-electron chi connectivity index (χ0n) is 15.3. The Morgan fingerprint density at radius 1 is 1.21 bits per heavy atom. The third-order valence-electron chi connectivity index (χ3n) is 4.58. The average molecular weight is 382 g/mol. The van der Waals surface area contributed by atoms with Crippen molar-refractivity contribution in [2.75, 3.05) is 25.2 Å². The Labute approximate surface area is 161 Å². The molecular weight excluding hydrogens is 363 g/mol. The van der Waals surface area contributed by atoms with E-state index in [4.69, 9.17) is 9.47 Å². The van der Waals surface area contributed by atoms with Crippen LogP contribution < -0.4 is 4.90 Å². The van der Waals surface area contributed by atoms with Gasteiger partial charge in [-0.05, 0) is 42.0 Å². The van der Waals surface area contributed by atoms with Crippen molar-refractivity contribution in [1.29, 1.82) is 0 Å². The highest BCUT2D eigenvalue weighted by Crippen LogP contribution is 2.31. The number of nitrogens with zero attached hydrogens (tertiary/aromatic N) is 4. The molecule has 1 saturated heterocycles. The summed E-state index contributed by atoms with van der Waals surface area (Å²) < 4.78 is 25.4. The highest BCUT2D eigenvalue weighted by atomic mass is 19.1. The Morgan fingerprint density at radius 3 is 2.68 bits per heavy atom. The van der Waals surface area contributed by atoms with Crippen molar-refractivity contribution in [3.63, 3.8) is 0 Å². The lowest BCUT2D eigenvalue weighted by atomic mass is 10.1. The summed E-state index contributed by atoms with van der Waals surface area (Å²) in [5, 5.41) is 8.43. The van der Waals surface area contributed by atoms with Crippen LogP contribution in [0.1, 0.15) is 27.8 Å². The van der Waals surface area contributed by atoms with E-state index in [-0.39, 0.29) is 18.0 Å². The maximum absolute atomic E-state index is 13.2. The van der Waals surface area contributed by atoms with Gasteiger partial charge < -0.3 is 14.4 Å². The van der Waals surface area contributed by atoms with Crippen LogP contribution in [0.4, 0.5) is 10.1 Å². The number of methoxy groups -OCH3 is 1. The molecule has 1 aromatic heterocycles. The number of ether oxygens (including phenoxy) is 2. The predicted molar refractivity (Wildman–Crippen MR) is 99.3 cm³/mol. The van der Waals surface area contributed by atoms with Gasteiger partial charge in [-0.25, -0.2) is 13.9 Å². The summed E-state index contributed by atoms with van der Waals surface area (Å²) in [7, 11) is 1.35. The first kappa shape index (κ1) is 18.1. The van der Waals surface area contributed by atoms with Gasteiger partial charge >= 0.3 is 5.97 Å². The summed E-state index contributed by atoms with van der Waals surface area (Å²) in [6, 6.07) is 13.5. The molecule has 1 fully saturated rings. The van der Waals surface area contributed by atoms with Crippen molar-refractivity contribution in [3.8, 4) is 0 Å². The maximum atomic E-state index is 13.2. The van der Waals surface area contributed by atoms with E-state index in [1.54, 1.807) is 28.9 Å². The van der Waals surface area contributed by atoms with Crippen LogP contribution in [0.3, 0.4) is 0 Å². The Kier molecular flexibility index (Phi) is 5.03. The van der Waals surface area contributed by atoms with Crippen molar-refractivity contribution in [3.05, 3.63) is 77.4 Å². The molecule has 0 aliphatic carbocycles. The van der Waals surface area contributed by atoms with Crippen molar-refractivity contribution in [2.45, 2.75) is 12.8 Å². The molecule has 1 aliphatic rings. The number of benzene rings is 2. The average Bonchev–Trinajstić information content (AvgIpc) is 3.38. The molecule has 8 heteroatoms. The molecule has 0 unspecified atom stereocenters. The van der Waals surface area contributed by atoms with Crippen molar-refractivity contribution < 1.29 is 18.7 Å². The first-order chi connectivity index (χ1) is 13.6. The molecule has 1 atom stereocenters. The molecule has 0 spiro atoms. The van der Waals surface area contributed by atoms with Gasteiger partial charge in [0, 0.05) is 12.2 Å². The topological polar surface area (TPSA) is 69.5 Å². The summed E-state index contributed by atoms with van der Waals surface area (Å²) >= 11 is 0. The molecule has 4 rings (SSSR count). The van der Waals surface area contributed by atoms with E-state index >= 15 is 0 Å². The number of aromatic nitrogens is 3. The molecule has 3 aromatic rings. The zero-order valence-corrected chi connectivity index (χ0v) is 15.3. The molecule has 0 bridgehead atoms. The van der Waals surface area contributed by atoms with Crippen molar-refractivity contribution >= 4 is 11.7 Å². The van der Waals surface area contributed by atoms with E-state index in [0.717, 1.165) is 11.3 Å². The number of carbonyl (C=O) groups excluding carboxylic acids is 1. The highest BCUT2D eigenvalue weighted by molar-refractivity contribution is 5.89. The second-order valence-corrected chi connectivity index (χ2v) is 6.42. The fourth-order valence-corrected chi connectivity index (χ4v) is 3.17. The van der Waals surface area contributed by atoms with E-state index in [1.807, 2.05) is 23.2 Å². The molecule has 2 aromatic carbocycles. The van der Waals surface area contributed by atoms with E-state index < -0.39 is 0 Å². The van der Waals surface area contributed by atoms with Gasteiger partial charge in [0.2, 0.25) is 0 Å². The van der Waals surface area contributed by atoms with Gasteiger partial charge in [0.25, 0.3) is 0 Å². The Bertz CT molecular complexity index is 956. The number of esters is 1. The number of hydrogen-bond acceptors (Lipinski definition) is 6.